The second kappa shape index (κ2) is 7.67. The maximum atomic E-state index is 12.4. The number of hydrogen-bond donors (Lipinski definition) is 2. The predicted molar refractivity (Wildman–Crippen MR) is 94.2 cm³/mol. The van der Waals surface area contributed by atoms with E-state index in [1.54, 1.807) is 6.07 Å². The van der Waals surface area contributed by atoms with Crippen molar-refractivity contribution in [3.63, 3.8) is 0 Å². The number of benzene rings is 2. The first kappa shape index (κ1) is 21.5. The van der Waals surface area contributed by atoms with Crippen LogP contribution in [0.3, 0.4) is 0 Å². The highest BCUT2D eigenvalue weighted by Crippen LogP contribution is 2.38. The Morgan fingerprint density at radius 3 is 1.82 bits per heavy atom. The summed E-state index contributed by atoms with van der Waals surface area (Å²) in [6, 6.07) is 7.60. The van der Waals surface area contributed by atoms with Gasteiger partial charge in [0.1, 0.15) is 9.79 Å². The van der Waals surface area contributed by atoms with Gasteiger partial charge >= 0.3 is 11.9 Å². The molecule has 0 radical (unpaired) electrons. The number of hydrogen-bond acceptors (Lipinski definition) is 8. The van der Waals surface area contributed by atoms with E-state index in [1.807, 2.05) is 0 Å². The van der Waals surface area contributed by atoms with Gasteiger partial charge in [-0.15, -0.1) is 0 Å². The summed E-state index contributed by atoms with van der Waals surface area (Å²) in [5, 5.41) is 0. The molecule has 0 aliphatic rings. The van der Waals surface area contributed by atoms with Crippen LogP contribution in [-0.4, -0.2) is 52.1 Å². The van der Waals surface area contributed by atoms with Crippen LogP contribution in [0.1, 0.15) is 20.7 Å². The van der Waals surface area contributed by atoms with Gasteiger partial charge in [-0.25, -0.2) is 9.59 Å². The minimum Gasteiger partial charge on any atom is -0.465 e. The van der Waals surface area contributed by atoms with Crippen LogP contribution in [0.2, 0.25) is 0 Å². The Bertz CT molecular complexity index is 1150. The molecule has 0 aliphatic heterocycles. The molecule has 0 aliphatic carbocycles. The monoisotopic (exact) mass is 430 g/mol. The Hall–Kier alpha value is -2.80. The van der Waals surface area contributed by atoms with Crippen molar-refractivity contribution >= 4 is 32.2 Å². The molecule has 0 amide bonds. The van der Waals surface area contributed by atoms with Gasteiger partial charge < -0.3 is 9.47 Å². The van der Waals surface area contributed by atoms with Crippen molar-refractivity contribution in [2.24, 2.45) is 0 Å². The van der Waals surface area contributed by atoms with Crippen LogP contribution in [-0.2, 0) is 29.7 Å². The van der Waals surface area contributed by atoms with Crippen LogP contribution < -0.4 is 0 Å². The van der Waals surface area contributed by atoms with Crippen LogP contribution in [0.15, 0.2) is 46.2 Å². The molecule has 2 rings (SSSR count). The predicted octanol–water partition coefficient (Wildman–Crippen LogP) is 1.42. The average Bonchev–Trinajstić information content (AvgIpc) is 2.64. The lowest BCUT2D eigenvalue weighted by Crippen LogP contribution is -2.20. The molecule has 2 aromatic carbocycles. The van der Waals surface area contributed by atoms with Crippen LogP contribution in [0.25, 0.3) is 11.1 Å². The van der Waals surface area contributed by atoms with Crippen molar-refractivity contribution in [2.45, 2.75) is 9.79 Å². The molecule has 0 unspecified atom stereocenters. The van der Waals surface area contributed by atoms with Gasteiger partial charge in [-0.2, -0.15) is 16.8 Å². The molecule has 0 heterocycles. The molecular weight excluding hydrogens is 416 g/mol. The molecule has 0 aromatic heterocycles. The van der Waals surface area contributed by atoms with Gasteiger partial charge in [-0.1, -0.05) is 30.3 Å². The van der Waals surface area contributed by atoms with Crippen molar-refractivity contribution in [1.29, 1.82) is 0 Å². The zero-order chi connectivity index (χ0) is 21.3. The molecule has 0 spiro atoms. The van der Waals surface area contributed by atoms with Crippen LogP contribution >= 0.6 is 0 Å². The fourth-order valence-corrected chi connectivity index (χ4v) is 4.17. The Labute approximate surface area is 160 Å². The van der Waals surface area contributed by atoms with E-state index in [0.29, 0.717) is 6.07 Å². The minimum absolute atomic E-state index is 0.00293. The standard InChI is InChI=1S/C16H14O10S2/c1-25-15(17)10-8-11(27(19,20)21)12(9-6-4-3-5-7-9)13(16(18)26-2)14(10)28(22,23)24/h3-8H,1-2H3,(H,19,20,21)(H,22,23,24). The molecule has 12 heteroatoms. The molecule has 0 fully saturated rings. The molecule has 2 aromatic rings. The Morgan fingerprint density at radius 2 is 1.39 bits per heavy atom. The van der Waals surface area contributed by atoms with E-state index >= 15 is 0 Å². The van der Waals surface area contributed by atoms with Crippen molar-refractivity contribution < 1.29 is 45.0 Å². The normalized spacial score (nSPS) is 11.7. The van der Waals surface area contributed by atoms with Gasteiger partial charge in [0.25, 0.3) is 20.2 Å². The number of rotatable bonds is 5. The fourth-order valence-electron chi connectivity index (χ4n) is 2.56. The number of esters is 2. The topological polar surface area (TPSA) is 161 Å². The van der Waals surface area contributed by atoms with E-state index in [-0.39, 0.29) is 5.56 Å². The van der Waals surface area contributed by atoms with E-state index in [2.05, 4.69) is 9.47 Å². The lowest BCUT2D eigenvalue weighted by molar-refractivity contribution is 0.0589. The highest BCUT2D eigenvalue weighted by molar-refractivity contribution is 7.86. The Morgan fingerprint density at radius 1 is 0.857 bits per heavy atom. The quantitative estimate of drug-likeness (QED) is 0.524. The van der Waals surface area contributed by atoms with Crippen LogP contribution in [0.5, 0.6) is 0 Å². The first-order chi connectivity index (χ1) is 12.9. The lowest BCUT2D eigenvalue weighted by Gasteiger charge is -2.18. The maximum absolute atomic E-state index is 12.4. The van der Waals surface area contributed by atoms with E-state index in [0.717, 1.165) is 14.2 Å². The number of carbonyl (C=O) groups is 2. The van der Waals surface area contributed by atoms with Crippen LogP contribution in [0.4, 0.5) is 0 Å². The van der Waals surface area contributed by atoms with E-state index in [1.165, 1.54) is 24.3 Å². The van der Waals surface area contributed by atoms with Gasteiger partial charge in [0.05, 0.1) is 25.3 Å². The molecule has 28 heavy (non-hydrogen) atoms. The zero-order valence-corrected chi connectivity index (χ0v) is 16.1. The van der Waals surface area contributed by atoms with Crippen molar-refractivity contribution in [3.05, 3.63) is 47.5 Å². The third-order valence-electron chi connectivity index (χ3n) is 3.64. The van der Waals surface area contributed by atoms with Crippen molar-refractivity contribution in [1.82, 2.24) is 0 Å². The summed E-state index contributed by atoms with van der Waals surface area (Å²) < 4.78 is 76.1. The molecule has 10 nitrogen and oxygen atoms in total. The summed E-state index contributed by atoms with van der Waals surface area (Å²) in [5.74, 6) is -2.75. The molecule has 2 N–H and O–H groups in total. The van der Waals surface area contributed by atoms with Crippen LogP contribution in [0, 0.1) is 0 Å². The second-order valence-corrected chi connectivity index (χ2v) is 8.05. The third kappa shape index (κ3) is 4.04. The first-order valence-electron chi connectivity index (χ1n) is 7.31. The third-order valence-corrected chi connectivity index (χ3v) is 5.45. The highest BCUT2D eigenvalue weighted by Gasteiger charge is 2.36. The molecule has 0 saturated heterocycles. The summed E-state index contributed by atoms with van der Waals surface area (Å²) in [6.45, 7) is 0. The summed E-state index contributed by atoms with van der Waals surface area (Å²) in [4.78, 5) is 22.3. The lowest BCUT2D eigenvalue weighted by atomic mass is 9.97. The summed E-state index contributed by atoms with van der Waals surface area (Å²) in [6.07, 6.45) is 0. The fraction of sp³-hybridized carbons (Fsp3) is 0.125. The molecule has 0 saturated carbocycles. The first-order valence-corrected chi connectivity index (χ1v) is 10.2. The molecule has 0 bridgehead atoms. The van der Waals surface area contributed by atoms with Gasteiger partial charge in [0.2, 0.25) is 0 Å². The summed E-state index contributed by atoms with van der Waals surface area (Å²) >= 11 is 0. The molecular formula is C16H14O10S2. The van der Waals surface area contributed by atoms with E-state index < -0.39 is 58.7 Å². The highest BCUT2D eigenvalue weighted by atomic mass is 32.2. The van der Waals surface area contributed by atoms with Gasteiger partial charge in [0, 0.05) is 5.56 Å². The van der Waals surface area contributed by atoms with Gasteiger partial charge in [-0.05, 0) is 11.6 Å². The van der Waals surface area contributed by atoms with E-state index in [9.17, 15) is 35.5 Å². The number of methoxy groups -OCH3 is 2. The smallest absolute Gasteiger partial charge is 0.339 e. The SMILES string of the molecule is COC(=O)c1cc(S(=O)(=O)O)c(-c2ccccc2)c(C(=O)OC)c1S(=O)(=O)O. The Kier molecular flexibility index (Phi) is 5.89. The second-order valence-electron chi connectivity index (χ2n) is 5.30. The van der Waals surface area contributed by atoms with Crippen molar-refractivity contribution in [2.75, 3.05) is 14.2 Å². The largest absolute Gasteiger partial charge is 0.465 e. The number of ether oxygens (including phenoxy) is 2. The average molecular weight is 430 g/mol. The maximum Gasteiger partial charge on any atom is 0.339 e. The van der Waals surface area contributed by atoms with E-state index in [4.69, 9.17) is 0 Å². The Balaban J connectivity index is 3.27. The number of carbonyl (C=O) groups excluding carboxylic acids is 2. The molecule has 150 valence electrons. The van der Waals surface area contributed by atoms with Gasteiger partial charge in [-0.3, -0.25) is 9.11 Å². The van der Waals surface area contributed by atoms with Crippen molar-refractivity contribution in [3.8, 4) is 11.1 Å². The summed E-state index contributed by atoms with van der Waals surface area (Å²) in [7, 11) is -8.56. The zero-order valence-electron chi connectivity index (χ0n) is 14.4. The van der Waals surface area contributed by atoms with Gasteiger partial charge in [0.15, 0.2) is 0 Å². The summed E-state index contributed by atoms with van der Waals surface area (Å²) in [5.41, 5.74) is -2.50. The molecule has 0 atom stereocenters. The minimum atomic E-state index is -5.25.